The highest BCUT2D eigenvalue weighted by Crippen LogP contribution is 2.31. The average Bonchev–Trinajstić information content (AvgIpc) is 3.18. The summed E-state index contributed by atoms with van der Waals surface area (Å²) in [6, 6.07) is 12.0. The van der Waals surface area contributed by atoms with Crippen molar-refractivity contribution in [3.63, 3.8) is 0 Å². The second kappa shape index (κ2) is 9.84. The van der Waals surface area contributed by atoms with Crippen molar-refractivity contribution in [1.82, 2.24) is 19.7 Å². The Balaban J connectivity index is 1.38. The number of piperidine rings is 1. The minimum absolute atomic E-state index is 0.0222. The monoisotopic (exact) mass is 473 g/mol. The van der Waals surface area contributed by atoms with Gasteiger partial charge in [0.1, 0.15) is 12.4 Å². The van der Waals surface area contributed by atoms with Crippen LogP contribution in [0.4, 0.5) is 18.9 Å². The first kappa shape index (κ1) is 23.7. The van der Waals surface area contributed by atoms with Crippen LogP contribution in [0.3, 0.4) is 0 Å². The van der Waals surface area contributed by atoms with E-state index < -0.39 is 11.7 Å². The molecule has 0 unspecified atom stereocenters. The van der Waals surface area contributed by atoms with Crippen molar-refractivity contribution >= 4 is 11.6 Å². The molecule has 2 heterocycles. The van der Waals surface area contributed by atoms with Gasteiger partial charge in [-0.25, -0.2) is 0 Å². The molecule has 180 valence electrons. The summed E-state index contributed by atoms with van der Waals surface area (Å²) in [5, 5.41) is 11.3. The first-order valence-electron chi connectivity index (χ1n) is 11.0. The first-order valence-corrected chi connectivity index (χ1v) is 11.0. The summed E-state index contributed by atoms with van der Waals surface area (Å²) in [6.07, 6.45) is -2.73. The Bertz CT molecular complexity index is 1140. The summed E-state index contributed by atoms with van der Waals surface area (Å²) < 4.78 is 45.9. The number of carbonyl (C=O) groups excluding carboxylic acids is 1. The summed E-state index contributed by atoms with van der Waals surface area (Å²) in [5.41, 5.74) is 0.729. The summed E-state index contributed by atoms with van der Waals surface area (Å²) in [4.78, 5) is 14.7. The van der Waals surface area contributed by atoms with Gasteiger partial charge in [-0.15, -0.1) is 10.2 Å². The average molecular weight is 473 g/mol. The lowest BCUT2D eigenvalue weighted by Gasteiger charge is -2.28. The minimum Gasteiger partial charge on any atom is -0.486 e. The van der Waals surface area contributed by atoms with Gasteiger partial charge in [0.2, 0.25) is 5.91 Å². The van der Waals surface area contributed by atoms with Crippen molar-refractivity contribution in [3.8, 4) is 17.1 Å². The molecule has 4 rings (SSSR count). The molecule has 34 heavy (non-hydrogen) atoms. The number of likely N-dealkylation sites (tertiary alicyclic amines) is 1. The molecule has 10 heteroatoms. The van der Waals surface area contributed by atoms with Crippen LogP contribution in [-0.2, 0) is 24.6 Å². The Hall–Kier alpha value is -3.40. The van der Waals surface area contributed by atoms with E-state index in [-0.39, 0.29) is 24.2 Å². The van der Waals surface area contributed by atoms with E-state index in [1.165, 1.54) is 12.1 Å². The van der Waals surface area contributed by atoms with Crippen molar-refractivity contribution in [2.24, 2.45) is 13.0 Å². The van der Waals surface area contributed by atoms with Gasteiger partial charge in [-0.05, 0) is 75.4 Å². The predicted molar refractivity (Wildman–Crippen MR) is 121 cm³/mol. The quantitative estimate of drug-likeness (QED) is 0.576. The summed E-state index contributed by atoms with van der Waals surface area (Å²) >= 11 is 0. The van der Waals surface area contributed by atoms with Crippen molar-refractivity contribution in [2.45, 2.75) is 25.6 Å². The zero-order valence-electron chi connectivity index (χ0n) is 19.0. The van der Waals surface area contributed by atoms with Crippen molar-refractivity contribution < 1.29 is 22.7 Å². The van der Waals surface area contributed by atoms with Crippen molar-refractivity contribution in [1.29, 1.82) is 0 Å². The van der Waals surface area contributed by atoms with Crippen LogP contribution in [0, 0.1) is 5.92 Å². The number of hydrogen-bond donors (Lipinski definition) is 1. The Kier molecular flexibility index (Phi) is 6.87. The van der Waals surface area contributed by atoms with E-state index in [0.29, 0.717) is 17.3 Å². The number of anilines is 1. The van der Waals surface area contributed by atoms with Gasteiger partial charge in [0.25, 0.3) is 0 Å². The van der Waals surface area contributed by atoms with Crippen LogP contribution >= 0.6 is 0 Å². The lowest BCUT2D eigenvalue weighted by molar-refractivity contribution is -0.137. The summed E-state index contributed by atoms with van der Waals surface area (Å²) in [5.74, 6) is 1.20. The Morgan fingerprint density at radius 3 is 2.47 bits per heavy atom. The molecular formula is C24H26F3N5O2. The highest BCUT2D eigenvalue weighted by molar-refractivity contribution is 5.92. The Morgan fingerprint density at radius 1 is 1.09 bits per heavy atom. The number of alkyl halides is 3. The predicted octanol–water partition coefficient (Wildman–Crippen LogP) is 4.36. The largest absolute Gasteiger partial charge is 0.486 e. The van der Waals surface area contributed by atoms with Crippen molar-refractivity contribution in [2.75, 3.05) is 25.5 Å². The van der Waals surface area contributed by atoms with Gasteiger partial charge in [0, 0.05) is 24.2 Å². The lowest BCUT2D eigenvalue weighted by atomic mass is 9.96. The molecule has 1 N–H and O–H groups in total. The van der Waals surface area contributed by atoms with Gasteiger partial charge >= 0.3 is 6.18 Å². The van der Waals surface area contributed by atoms with Crippen LogP contribution in [0.15, 0.2) is 48.5 Å². The van der Waals surface area contributed by atoms with E-state index in [1.807, 2.05) is 24.3 Å². The summed E-state index contributed by atoms with van der Waals surface area (Å²) in [7, 11) is 3.82. The van der Waals surface area contributed by atoms with Gasteiger partial charge in [0.05, 0.1) is 5.56 Å². The third-order valence-corrected chi connectivity index (χ3v) is 5.99. The fourth-order valence-electron chi connectivity index (χ4n) is 3.87. The van der Waals surface area contributed by atoms with Crippen LogP contribution < -0.4 is 10.1 Å². The number of benzene rings is 2. The Morgan fingerprint density at radius 2 is 1.79 bits per heavy atom. The van der Waals surface area contributed by atoms with Gasteiger partial charge in [-0.2, -0.15) is 13.2 Å². The minimum atomic E-state index is -4.43. The smallest absolute Gasteiger partial charge is 0.416 e. The van der Waals surface area contributed by atoms with Crippen molar-refractivity contribution in [3.05, 3.63) is 59.9 Å². The molecule has 1 aromatic heterocycles. The van der Waals surface area contributed by atoms with E-state index in [9.17, 15) is 18.0 Å². The number of amides is 1. The number of ether oxygens (including phenoxy) is 1. The maximum atomic E-state index is 12.9. The number of halogens is 3. The maximum Gasteiger partial charge on any atom is 0.416 e. The molecule has 0 atom stereocenters. The fraction of sp³-hybridized carbons (Fsp3) is 0.375. The third-order valence-electron chi connectivity index (χ3n) is 5.99. The van der Waals surface area contributed by atoms with E-state index >= 15 is 0 Å². The molecule has 3 aromatic rings. The number of carbonyl (C=O) groups is 1. The molecule has 1 aliphatic rings. The Labute approximate surface area is 195 Å². The molecule has 1 aliphatic heterocycles. The van der Waals surface area contributed by atoms with Gasteiger partial charge in [-0.3, -0.25) is 4.79 Å². The van der Waals surface area contributed by atoms with E-state index in [2.05, 4.69) is 27.5 Å². The molecule has 2 aromatic carbocycles. The number of hydrogen-bond acceptors (Lipinski definition) is 5. The van der Waals surface area contributed by atoms with E-state index in [0.717, 1.165) is 43.6 Å². The lowest BCUT2D eigenvalue weighted by Crippen LogP contribution is -2.35. The topological polar surface area (TPSA) is 72.3 Å². The van der Waals surface area contributed by atoms with Gasteiger partial charge in [-0.1, -0.05) is 6.07 Å². The SMILES string of the molecule is CN1CCC(C(=O)Nc2ccc(-c3nnc(COc4cccc(C(F)(F)F)c4)n3C)cc2)CC1. The summed E-state index contributed by atoms with van der Waals surface area (Å²) in [6.45, 7) is 1.81. The van der Waals surface area contributed by atoms with Gasteiger partial charge in [0.15, 0.2) is 11.6 Å². The highest BCUT2D eigenvalue weighted by atomic mass is 19.4. The van der Waals surface area contributed by atoms with Crippen LogP contribution in [0.2, 0.25) is 0 Å². The number of aromatic nitrogens is 3. The van der Waals surface area contributed by atoms with Crippen LogP contribution in [0.1, 0.15) is 24.2 Å². The third kappa shape index (κ3) is 5.56. The molecule has 0 bridgehead atoms. The molecule has 1 saturated heterocycles. The van der Waals surface area contributed by atoms with E-state index in [1.54, 1.807) is 11.6 Å². The molecule has 7 nitrogen and oxygen atoms in total. The molecule has 1 amide bonds. The normalized spacial score (nSPS) is 15.3. The zero-order chi connectivity index (χ0) is 24.3. The first-order chi connectivity index (χ1) is 16.2. The molecule has 0 saturated carbocycles. The second-order valence-corrected chi connectivity index (χ2v) is 8.46. The van der Waals surface area contributed by atoms with Crippen LogP contribution in [0.25, 0.3) is 11.4 Å². The standard InChI is InChI=1S/C24H26F3N5O2/c1-31-12-10-17(11-13-31)23(33)28-19-8-6-16(7-9-19)22-30-29-21(32(22)2)15-34-20-5-3-4-18(14-20)24(25,26)27/h3-9,14,17H,10-13,15H2,1-2H3,(H,28,33). The van der Waals surface area contributed by atoms with Crippen LogP contribution in [-0.4, -0.2) is 45.7 Å². The second-order valence-electron chi connectivity index (χ2n) is 8.46. The zero-order valence-corrected chi connectivity index (χ0v) is 19.0. The number of nitrogens with zero attached hydrogens (tertiary/aromatic N) is 4. The van der Waals surface area contributed by atoms with Crippen LogP contribution in [0.5, 0.6) is 5.75 Å². The maximum absolute atomic E-state index is 12.9. The highest BCUT2D eigenvalue weighted by Gasteiger charge is 2.30. The number of rotatable bonds is 6. The number of nitrogens with one attached hydrogen (secondary N) is 1. The molecule has 0 spiro atoms. The van der Waals surface area contributed by atoms with E-state index in [4.69, 9.17) is 4.74 Å². The van der Waals surface area contributed by atoms with Gasteiger partial charge < -0.3 is 19.5 Å². The molecule has 0 radical (unpaired) electrons. The molecule has 1 fully saturated rings. The molecular weight excluding hydrogens is 447 g/mol. The fourth-order valence-corrected chi connectivity index (χ4v) is 3.87. The molecule has 0 aliphatic carbocycles.